The molecule has 0 saturated carbocycles. The second kappa shape index (κ2) is 6.63. The summed E-state index contributed by atoms with van der Waals surface area (Å²) in [5, 5.41) is 9.64. The molecule has 132 valence electrons. The molecular weight excluding hydrogens is 327 g/mol. The van der Waals surface area contributed by atoms with Crippen LogP contribution in [0.4, 0.5) is 13.2 Å². The summed E-state index contributed by atoms with van der Waals surface area (Å²) in [5.41, 5.74) is -2.80. The molecule has 2 atom stereocenters. The van der Waals surface area contributed by atoms with Crippen LogP contribution in [0.3, 0.4) is 0 Å². The summed E-state index contributed by atoms with van der Waals surface area (Å²) in [4.78, 5) is 0. The van der Waals surface area contributed by atoms with Gasteiger partial charge in [0.25, 0.3) is 0 Å². The molecule has 7 heteroatoms. The first-order valence-corrected chi connectivity index (χ1v) is 8.41. The second-order valence-corrected chi connectivity index (χ2v) is 9.09. The number of hydrogen-bond donors (Lipinski definition) is 2. The Kier molecular flexibility index (Phi) is 5.84. The lowest BCUT2D eigenvalue weighted by Gasteiger charge is -2.30. The van der Waals surface area contributed by atoms with Crippen molar-refractivity contribution in [2.24, 2.45) is 0 Å². The van der Waals surface area contributed by atoms with E-state index in [2.05, 4.69) is 4.72 Å². The van der Waals surface area contributed by atoms with Crippen LogP contribution in [-0.2, 0) is 17.3 Å². The monoisotopic (exact) mass is 351 g/mol. The number of alkyl halides is 2. The van der Waals surface area contributed by atoms with Gasteiger partial charge >= 0.3 is 5.92 Å². The van der Waals surface area contributed by atoms with Gasteiger partial charge in [-0.15, -0.1) is 4.72 Å². The fraction of sp³-hybridized carbons (Fsp3) is 0.625. The normalized spacial score (nSPS) is 16.3. The third-order valence-electron chi connectivity index (χ3n) is 3.43. The molecule has 0 saturated heterocycles. The minimum Gasteiger partial charge on any atom is -0.598 e. The van der Waals surface area contributed by atoms with Crippen molar-refractivity contribution in [2.75, 3.05) is 0 Å². The van der Waals surface area contributed by atoms with Crippen LogP contribution >= 0.6 is 0 Å². The van der Waals surface area contributed by atoms with E-state index in [-0.39, 0.29) is 5.56 Å². The van der Waals surface area contributed by atoms with E-state index in [1.54, 1.807) is 27.7 Å². The molecule has 3 nitrogen and oxygen atoms in total. The molecular formula is C16H24F3NO2S. The standard InChI is InChI=1S/C16H24F3NO2S/c1-10(20-23(22)14(2,3)4)12-9-11(7-8-13(12)17)16(18,19)15(5,6)21/h7-10,20-21H,1-6H3. The molecule has 1 aromatic rings. The molecule has 0 heterocycles. The van der Waals surface area contributed by atoms with Crippen LogP contribution in [0.2, 0.25) is 0 Å². The van der Waals surface area contributed by atoms with Crippen molar-refractivity contribution in [1.82, 2.24) is 4.72 Å². The SMILES string of the molecule is CC(N[S+]([O-])C(C)(C)C)c1cc(C(F)(F)C(C)(C)O)ccc1F. The maximum Gasteiger partial charge on any atom is 0.300 e. The minimum absolute atomic E-state index is 0.0241. The van der Waals surface area contributed by atoms with Gasteiger partial charge in [-0.05, 0) is 53.7 Å². The van der Waals surface area contributed by atoms with Crippen molar-refractivity contribution in [1.29, 1.82) is 0 Å². The van der Waals surface area contributed by atoms with Gasteiger partial charge in [0, 0.05) is 22.5 Å². The van der Waals surface area contributed by atoms with Crippen LogP contribution in [0.5, 0.6) is 0 Å². The van der Waals surface area contributed by atoms with Crippen molar-refractivity contribution in [3.63, 3.8) is 0 Å². The predicted molar refractivity (Wildman–Crippen MR) is 86.0 cm³/mol. The van der Waals surface area contributed by atoms with Crippen molar-refractivity contribution < 1.29 is 22.8 Å². The molecule has 2 N–H and O–H groups in total. The van der Waals surface area contributed by atoms with E-state index in [1.807, 2.05) is 0 Å². The largest absolute Gasteiger partial charge is 0.598 e. The number of aliphatic hydroxyl groups is 1. The lowest BCUT2D eigenvalue weighted by atomic mass is 9.91. The molecule has 0 fully saturated rings. The Labute approximate surface area is 138 Å². The lowest BCUT2D eigenvalue weighted by molar-refractivity contribution is -0.168. The van der Waals surface area contributed by atoms with E-state index >= 15 is 0 Å². The zero-order valence-corrected chi connectivity index (χ0v) is 15.0. The topological polar surface area (TPSA) is 55.3 Å². The Morgan fingerprint density at radius 1 is 1.17 bits per heavy atom. The molecule has 0 spiro atoms. The zero-order chi connectivity index (χ0) is 18.2. The summed E-state index contributed by atoms with van der Waals surface area (Å²) in [6, 6.07) is 2.16. The minimum atomic E-state index is -3.54. The van der Waals surface area contributed by atoms with Crippen LogP contribution < -0.4 is 4.72 Å². The fourth-order valence-corrected chi connectivity index (χ4v) is 2.63. The number of nitrogens with one attached hydrogen (secondary N) is 1. The second-order valence-electron chi connectivity index (χ2n) is 7.09. The molecule has 1 rings (SSSR count). The van der Waals surface area contributed by atoms with Gasteiger partial charge in [-0.1, -0.05) is 6.07 Å². The first kappa shape index (κ1) is 20.3. The van der Waals surface area contributed by atoms with E-state index in [0.29, 0.717) is 0 Å². The first-order chi connectivity index (χ1) is 10.2. The fourth-order valence-electron chi connectivity index (χ4n) is 1.82. The van der Waals surface area contributed by atoms with Gasteiger partial charge in [0.05, 0.1) is 6.04 Å². The van der Waals surface area contributed by atoms with E-state index < -0.39 is 45.1 Å². The Balaban J connectivity index is 3.16. The Morgan fingerprint density at radius 2 is 1.70 bits per heavy atom. The summed E-state index contributed by atoms with van der Waals surface area (Å²) < 4.78 is 56.7. The van der Waals surface area contributed by atoms with Gasteiger partial charge in [-0.3, -0.25) is 0 Å². The third kappa shape index (κ3) is 4.62. The van der Waals surface area contributed by atoms with Gasteiger partial charge in [0.1, 0.15) is 16.2 Å². The Hall–Kier alpha value is -0.760. The molecule has 2 unspecified atom stereocenters. The molecule has 0 aliphatic heterocycles. The highest BCUT2D eigenvalue weighted by Crippen LogP contribution is 2.39. The predicted octanol–water partition coefficient (Wildman–Crippen LogP) is 3.80. The molecule has 1 aromatic carbocycles. The summed E-state index contributed by atoms with van der Waals surface area (Å²) >= 11 is -1.47. The van der Waals surface area contributed by atoms with Gasteiger partial charge in [0.15, 0.2) is 0 Å². The Bertz CT molecular complexity index is 553. The van der Waals surface area contributed by atoms with Crippen molar-refractivity contribution in [3.05, 3.63) is 35.1 Å². The highest BCUT2D eigenvalue weighted by atomic mass is 32.2. The first-order valence-electron chi connectivity index (χ1n) is 7.26. The van der Waals surface area contributed by atoms with Crippen LogP contribution in [0, 0.1) is 5.82 Å². The molecule has 0 amide bonds. The van der Waals surface area contributed by atoms with E-state index in [9.17, 15) is 22.8 Å². The van der Waals surface area contributed by atoms with Crippen LogP contribution in [-0.4, -0.2) is 20.0 Å². The van der Waals surface area contributed by atoms with E-state index in [0.717, 1.165) is 32.0 Å². The highest BCUT2D eigenvalue weighted by Gasteiger charge is 2.47. The number of benzene rings is 1. The molecule has 0 aromatic heterocycles. The van der Waals surface area contributed by atoms with Gasteiger partial charge in [0.2, 0.25) is 0 Å². The average molecular weight is 351 g/mol. The van der Waals surface area contributed by atoms with Crippen LogP contribution in [0.1, 0.15) is 58.7 Å². The zero-order valence-electron chi connectivity index (χ0n) is 14.2. The number of halogens is 3. The summed E-state index contributed by atoms with van der Waals surface area (Å²) in [7, 11) is 0. The maximum absolute atomic E-state index is 14.2. The Morgan fingerprint density at radius 3 is 2.13 bits per heavy atom. The summed E-state index contributed by atoms with van der Waals surface area (Å²) in [6.07, 6.45) is 0. The van der Waals surface area contributed by atoms with Crippen LogP contribution in [0.25, 0.3) is 0 Å². The summed E-state index contributed by atoms with van der Waals surface area (Å²) in [6.45, 7) is 8.78. The molecule has 0 aliphatic rings. The van der Waals surface area contributed by atoms with Crippen molar-refractivity contribution >= 4 is 11.4 Å². The van der Waals surface area contributed by atoms with E-state index in [1.165, 1.54) is 0 Å². The van der Waals surface area contributed by atoms with Gasteiger partial charge < -0.3 is 9.66 Å². The maximum atomic E-state index is 14.2. The highest BCUT2D eigenvalue weighted by molar-refractivity contribution is 7.90. The third-order valence-corrected chi connectivity index (χ3v) is 5.11. The molecule has 0 radical (unpaired) electrons. The smallest absolute Gasteiger partial charge is 0.300 e. The molecule has 0 aliphatic carbocycles. The van der Waals surface area contributed by atoms with Crippen molar-refractivity contribution in [3.8, 4) is 0 Å². The lowest BCUT2D eigenvalue weighted by Crippen LogP contribution is -2.41. The van der Waals surface area contributed by atoms with Gasteiger partial charge in [-0.25, -0.2) is 4.39 Å². The quantitative estimate of drug-likeness (QED) is 0.794. The van der Waals surface area contributed by atoms with E-state index in [4.69, 9.17) is 0 Å². The molecule has 23 heavy (non-hydrogen) atoms. The van der Waals surface area contributed by atoms with Crippen LogP contribution in [0.15, 0.2) is 18.2 Å². The van der Waals surface area contributed by atoms with Crippen molar-refractivity contribution in [2.45, 2.75) is 63.9 Å². The number of rotatable bonds is 5. The summed E-state index contributed by atoms with van der Waals surface area (Å²) in [5.74, 6) is -4.22. The van der Waals surface area contributed by atoms with Gasteiger partial charge in [-0.2, -0.15) is 8.78 Å². The number of hydrogen-bond acceptors (Lipinski definition) is 3. The average Bonchev–Trinajstić information content (AvgIpc) is 2.36. The molecule has 0 bridgehead atoms.